The molecule has 0 bridgehead atoms. The van der Waals surface area contributed by atoms with E-state index < -0.39 is 10.0 Å². The number of hydrogen-bond acceptors (Lipinski definition) is 4. The maximum Gasteiger partial charge on any atom is 0.253 e. The highest BCUT2D eigenvalue weighted by Crippen LogP contribution is 2.16. The molecule has 6 nitrogen and oxygen atoms in total. The molecule has 0 radical (unpaired) electrons. The standard InChI is InChI=1S/C18H22N2O4S/c1-4-24-16-10-8-14(9-11-16)13-20(3)18(21)15-6-5-7-17(12-15)25(22,23)19-2/h5-12,19H,4,13H2,1-3H3. The van der Waals surface area contributed by atoms with Gasteiger partial charge in [0.05, 0.1) is 11.5 Å². The van der Waals surface area contributed by atoms with Gasteiger partial charge in [-0.05, 0) is 49.9 Å². The zero-order valence-electron chi connectivity index (χ0n) is 14.5. The summed E-state index contributed by atoms with van der Waals surface area (Å²) in [5.74, 6) is 0.534. The van der Waals surface area contributed by atoms with Gasteiger partial charge in [0.15, 0.2) is 0 Å². The third-order valence-electron chi connectivity index (χ3n) is 3.66. The van der Waals surface area contributed by atoms with E-state index in [1.165, 1.54) is 19.2 Å². The molecule has 0 aliphatic rings. The van der Waals surface area contributed by atoms with Gasteiger partial charge in [-0.2, -0.15) is 0 Å². The van der Waals surface area contributed by atoms with Crippen molar-refractivity contribution in [3.63, 3.8) is 0 Å². The van der Waals surface area contributed by atoms with Gasteiger partial charge in [-0.1, -0.05) is 18.2 Å². The molecule has 0 saturated heterocycles. The van der Waals surface area contributed by atoms with Crippen molar-refractivity contribution in [1.29, 1.82) is 0 Å². The SMILES string of the molecule is CCOc1ccc(CN(C)C(=O)c2cccc(S(=O)(=O)NC)c2)cc1. The monoisotopic (exact) mass is 362 g/mol. The van der Waals surface area contributed by atoms with Crippen LogP contribution in [0, 0.1) is 0 Å². The Balaban J connectivity index is 2.13. The molecule has 0 unspecified atom stereocenters. The summed E-state index contributed by atoms with van der Waals surface area (Å²) in [4.78, 5) is 14.2. The van der Waals surface area contributed by atoms with Crippen LogP contribution >= 0.6 is 0 Å². The predicted octanol–water partition coefficient (Wildman–Crippen LogP) is 2.27. The summed E-state index contributed by atoms with van der Waals surface area (Å²) < 4.78 is 31.4. The Hall–Kier alpha value is -2.38. The Morgan fingerprint density at radius 2 is 1.84 bits per heavy atom. The van der Waals surface area contributed by atoms with E-state index in [1.54, 1.807) is 24.1 Å². The average molecular weight is 362 g/mol. The molecule has 0 saturated carbocycles. The van der Waals surface area contributed by atoms with Crippen LogP contribution in [0.1, 0.15) is 22.8 Å². The number of sulfonamides is 1. The first kappa shape index (κ1) is 19.0. The molecule has 1 N–H and O–H groups in total. The number of nitrogens with one attached hydrogen (secondary N) is 1. The van der Waals surface area contributed by atoms with E-state index >= 15 is 0 Å². The van der Waals surface area contributed by atoms with Crippen LogP contribution in [-0.4, -0.2) is 39.9 Å². The minimum Gasteiger partial charge on any atom is -0.494 e. The molecule has 0 aromatic heterocycles. The molecule has 7 heteroatoms. The van der Waals surface area contributed by atoms with Gasteiger partial charge in [-0.15, -0.1) is 0 Å². The van der Waals surface area contributed by atoms with E-state index in [1.807, 2.05) is 31.2 Å². The molecule has 0 atom stereocenters. The Labute approximate surface area is 148 Å². The van der Waals surface area contributed by atoms with Crippen LogP contribution in [0.25, 0.3) is 0 Å². The first-order valence-electron chi connectivity index (χ1n) is 7.88. The molecule has 1 amide bonds. The van der Waals surface area contributed by atoms with Gasteiger partial charge in [-0.3, -0.25) is 4.79 Å². The fourth-order valence-corrected chi connectivity index (χ4v) is 3.11. The lowest BCUT2D eigenvalue weighted by Gasteiger charge is -2.18. The smallest absolute Gasteiger partial charge is 0.253 e. The summed E-state index contributed by atoms with van der Waals surface area (Å²) >= 11 is 0. The maximum atomic E-state index is 12.6. The summed E-state index contributed by atoms with van der Waals surface area (Å²) in [6.45, 7) is 2.93. The molecule has 0 heterocycles. The number of hydrogen-bond donors (Lipinski definition) is 1. The molecule has 134 valence electrons. The highest BCUT2D eigenvalue weighted by molar-refractivity contribution is 7.89. The number of carbonyl (C=O) groups excluding carboxylic acids is 1. The molecule has 0 aliphatic heterocycles. The lowest BCUT2D eigenvalue weighted by molar-refractivity contribution is 0.0785. The first-order chi connectivity index (χ1) is 11.9. The lowest BCUT2D eigenvalue weighted by Crippen LogP contribution is -2.26. The molecule has 2 aromatic carbocycles. The number of carbonyl (C=O) groups is 1. The van der Waals surface area contributed by atoms with Crippen molar-refractivity contribution in [3.05, 3.63) is 59.7 Å². The van der Waals surface area contributed by atoms with Gasteiger partial charge < -0.3 is 9.64 Å². The highest BCUT2D eigenvalue weighted by atomic mass is 32.2. The van der Waals surface area contributed by atoms with E-state index in [2.05, 4.69) is 4.72 Å². The minimum atomic E-state index is -3.58. The second kappa shape index (κ2) is 8.13. The second-order valence-corrected chi connectivity index (χ2v) is 7.36. The van der Waals surface area contributed by atoms with Crippen LogP contribution in [0.5, 0.6) is 5.75 Å². The summed E-state index contributed by atoms with van der Waals surface area (Å²) in [6.07, 6.45) is 0. The number of nitrogens with zero attached hydrogens (tertiary/aromatic N) is 1. The maximum absolute atomic E-state index is 12.6. The van der Waals surface area contributed by atoms with Crippen molar-refractivity contribution in [3.8, 4) is 5.75 Å². The quantitative estimate of drug-likeness (QED) is 0.820. The van der Waals surface area contributed by atoms with Crippen LogP contribution in [-0.2, 0) is 16.6 Å². The Kier molecular flexibility index (Phi) is 6.17. The Bertz CT molecular complexity index is 832. The fourth-order valence-electron chi connectivity index (χ4n) is 2.34. The van der Waals surface area contributed by atoms with Crippen molar-refractivity contribution < 1.29 is 17.9 Å². The number of amides is 1. The number of benzene rings is 2. The molecular weight excluding hydrogens is 340 g/mol. The van der Waals surface area contributed by atoms with Crippen LogP contribution in [0.2, 0.25) is 0 Å². The summed E-state index contributed by atoms with van der Waals surface area (Å²) in [5, 5.41) is 0. The molecular formula is C18H22N2O4S. The summed E-state index contributed by atoms with van der Waals surface area (Å²) in [7, 11) is -0.570. The van der Waals surface area contributed by atoms with Gasteiger partial charge in [0.1, 0.15) is 5.75 Å². The van der Waals surface area contributed by atoms with Crippen LogP contribution in [0.15, 0.2) is 53.4 Å². The minimum absolute atomic E-state index is 0.0651. The van der Waals surface area contributed by atoms with E-state index in [0.717, 1.165) is 11.3 Å². The van der Waals surface area contributed by atoms with Crippen molar-refractivity contribution in [2.75, 3.05) is 20.7 Å². The Morgan fingerprint density at radius 1 is 1.16 bits per heavy atom. The van der Waals surface area contributed by atoms with Crippen molar-refractivity contribution in [1.82, 2.24) is 9.62 Å². The third-order valence-corrected chi connectivity index (χ3v) is 5.07. The summed E-state index contributed by atoms with van der Waals surface area (Å²) in [5.41, 5.74) is 1.28. The van der Waals surface area contributed by atoms with Crippen LogP contribution in [0.3, 0.4) is 0 Å². The molecule has 2 rings (SSSR count). The molecule has 0 aliphatic carbocycles. The molecule has 0 spiro atoms. The second-order valence-electron chi connectivity index (χ2n) is 5.47. The molecule has 25 heavy (non-hydrogen) atoms. The van der Waals surface area contributed by atoms with Gasteiger partial charge in [0.25, 0.3) is 5.91 Å². The van der Waals surface area contributed by atoms with E-state index in [0.29, 0.717) is 18.7 Å². The number of rotatable bonds is 7. The van der Waals surface area contributed by atoms with Gasteiger partial charge >= 0.3 is 0 Å². The lowest BCUT2D eigenvalue weighted by atomic mass is 10.1. The largest absolute Gasteiger partial charge is 0.494 e. The Morgan fingerprint density at radius 3 is 2.44 bits per heavy atom. The van der Waals surface area contributed by atoms with Crippen LogP contribution < -0.4 is 9.46 Å². The first-order valence-corrected chi connectivity index (χ1v) is 9.36. The highest BCUT2D eigenvalue weighted by Gasteiger charge is 2.17. The van der Waals surface area contributed by atoms with E-state index in [4.69, 9.17) is 4.74 Å². The van der Waals surface area contributed by atoms with Crippen molar-refractivity contribution in [2.45, 2.75) is 18.4 Å². The zero-order valence-corrected chi connectivity index (χ0v) is 15.3. The topological polar surface area (TPSA) is 75.7 Å². The van der Waals surface area contributed by atoms with Crippen LogP contribution in [0.4, 0.5) is 0 Å². The molecule has 0 fully saturated rings. The third kappa shape index (κ3) is 4.80. The summed E-state index contributed by atoms with van der Waals surface area (Å²) in [6, 6.07) is 13.5. The van der Waals surface area contributed by atoms with Gasteiger partial charge in [0, 0.05) is 19.2 Å². The molecule has 2 aromatic rings. The van der Waals surface area contributed by atoms with Gasteiger partial charge in [0.2, 0.25) is 10.0 Å². The van der Waals surface area contributed by atoms with E-state index in [9.17, 15) is 13.2 Å². The average Bonchev–Trinajstić information content (AvgIpc) is 2.63. The van der Waals surface area contributed by atoms with Crippen molar-refractivity contribution in [2.24, 2.45) is 0 Å². The zero-order chi connectivity index (χ0) is 18.4. The predicted molar refractivity (Wildman–Crippen MR) is 96.1 cm³/mol. The van der Waals surface area contributed by atoms with E-state index in [-0.39, 0.29) is 10.8 Å². The van der Waals surface area contributed by atoms with Gasteiger partial charge in [-0.25, -0.2) is 13.1 Å². The number of ether oxygens (including phenoxy) is 1. The fraction of sp³-hybridized carbons (Fsp3) is 0.278. The van der Waals surface area contributed by atoms with Crippen molar-refractivity contribution >= 4 is 15.9 Å². The normalized spacial score (nSPS) is 11.2.